The maximum atomic E-state index is 14.1. The number of rotatable bonds is 4. The van der Waals surface area contributed by atoms with Gasteiger partial charge in [-0.3, -0.25) is 0 Å². The van der Waals surface area contributed by atoms with E-state index in [1.807, 2.05) is 24.4 Å². The summed E-state index contributed by atoms with van der Waals surface area (Å²) in [5.41, 5.74) is 7.70. The first-order valence-electron chi connectivity index (χ1n) is 10.9. The van der Waals surface area contributed by atoms with E-state index in [2.05, 4.69) is 16.8 Å². The maximum Gasteiger partial charge on any atom is 0.160 e. The summed E-state index contributed by atoms with van der Waals surface area (Å²) in [7, 11) is 0. The fourth-order valence-corrected chi connectivity index (χ4v) is 5.01. The molecule has 7 heteroatoms. The molecule has 2 aliphatic rings. The third-order valence-corrected chi connectivity index (χ3v) is 7.23. The Hall–Kier alpha value is -2.44. The monoisotopic (exact) mass is 439 g/mol. The zero-order chi connectivity index (χ0) is 21.7. The van der Waals surface area contributed by atoms with Gasteiger partial charge in [0.1, 0.15) is 5.82 Å². The molecule has 1 fully saturated rings. The minimum atomic E-state index is -0.185. The van der Waals surface area contributed by atoms with Crippen LogP contribution in [0.2, 0.25) is 5.02 Å². The number of nitrogens with one attached hydrogen (secondary N) is 1. The van der Waals surface area contributed by atoms with Gasteiger partial charge in [0.25, 0.3) is 0 Å². The molecule has 31 heavy (non-hydrogen) atoms. The fraction of sp³-hybridized carbons (Fsp3) is 0.417. The summed E-state index contributed by atoms with van der Waals surface area (Å²) in [6, 6.07) is 5.10. The average molecular weight is 440 g/mol. The predicted octanol–water partition coefficient (Wildman–Crippen LogP) is 4.67. The van der Waals surface area contributed by atoms with Crippen molar-refractivity contribution in [2.45, 2.75) is 46.2 Å². The summed E-state index contributed by atoms with van der Waals surface area (Å²) in [6.07, 6.45) is 3.14. The number of fused-ring (bicyclic) bond motifs is 3. The third kappa shape index (κ3) is 3.62. The van der Waals surface area contributed by atoms with Gasteiger partial charge in [-0.1, -0.05) is 18.2 Å². The van der Waals surface area contributed by atoms with E-state index in [0.717, 1.165) is 77.5 Å². The Morgan fingerprint density at radius 1 is 1.26 bits per heavy atom. The topological polar surface area (TPSA) is 45.5 Å². The third-order valence-electron chi connectivity index (χ3n) is 6.68. The standard InChI is InChI=1S/C24H27ClFN5/c1-14-23(25)16(3)31-24(28-14)21-12-30(13-22(21)29-31)15(2)20-5-4-19(26)11-18(20)10-17-6-8-27-9-7-17/h4-5,11,17,27H,2,6-10,12-13H2,1,3H3. The molecule has 0 bridgehead atoms. The van der Waals surface area contributed by atoms with Crippen LogP contribution in [0.1, 0.15) is 46.6 Å². The number of hydrogen-bond donors (Lipinski definition) is 1. The van der Waals surface area contributed by atoms with Crippen molar-refractivity contribution in [1.82, 2.24) is 24.8 Å². The lowest BCUT2D eigenvalue weighted by Gasteiger charge is -2.26. The molecular formula is C24H27ClFN5. The van der Waals surface area contributed by atoms with Gasteiger partial charge in [0.15, 0.2) is 5.65 Å². The molecule has 0 saturated carbocycles. The molecule has 0 spiro atoms. The zero-order valence-corrected chi connectivity index (χ0v) is 18.8. The highest BCUT2D eigenvalue weighted by molar-refractivity contribution is 6.31. The second-order valence-corrected chi connectivity index (χ2v) is 9.14. The summed E-state index contributed by atoms with van der Waals surface area (Å²) >= 11 is 6.37. The van der Waals surface area contributed by atoms with Crippen molar-refractivity contribution in [1.29, 1.82) is 0 Å². The Labute approximate surface area is 186 Å². The van der Waals surface area contributed by atoms with Crippen LogP contribution in [0.5, 0.6) is 0 Å². The van der Waals surface area contributed by atoms with E-state index >= 15 is 0 Å². The zero-order valence-electron chi connectivity index (χ0n) is 18.0. The summed E-state index contributed by atoms with van der Waals surface area (Å²) in [5, 5.41) is 8.83. The SMILES string of the molecule is C=C(c1ccc(F)cc1CC1CCNCC1)N1Cc2nn3c(C)c(Cl)c(C)nc3c2C1. The number of benzene rings is 1. The largest absolute Gasteiger partial charge is 0.361 e. The first kappa shape index (κ1) is 20.5. The van der Waals surface area contributed by atoms with Crippen molar-refractivity contribution in [3.05, 3.63) is 69.4 Å². The lowest BCUT2D eigenvalue weighted by atomic mass is 9.88. The quantitative estimate of drug-likeness (QED) is 0.641. The van der Waals surface area contributed by atoms with Crippen molar-refractivity contribution in [2.75, 3.05) is 13.1 Å². The molecule has 1 aromatic carbocycles. The van der Waals surface area contributed by atoms with Crippen molar-refractivity contribution < 1.29 is 4.39 Å². The minimum Gasteiger partial charge on any atom is -0.361 e. The number of aryl methyl sites for hydroxylation is 2. The van der Waals surface area contributed by atoms with Gasteiger partial charge in [-0.2, -0.15) is 5.10 Å². The van der Waals surface area contributed by atoms with Crippen LogP contribution in [-0.4, -0.2) is 32.6 Å². The highest BCUT2D eigenvalue weighted by Crippen LogP contribution is 2.35. The Balaban J connectivity index is 1.43. The summed E-state index contributed by atoms with van der Waals surface area (Å²) in [5.74, 6) is 0.393. The normalized spacial score (nSPS) is 16.8. The molecule has 2 aromatic heterocycles. The van der Waals surface area contributed by atoms with Gasteiger partial charge >= 0.3 is 0 Å². The van der Waals surface area contributed by atoms with Crippen molar-refractivity contribution in [3.8, 4) is 0 Å². The van der Waals surface area contributed by atoms with E-state index in [0.29, 0.717) is 24.0 Å². The van der Waals surface area contributed by atoms with Gasteiger partial charge in [0.05, 0.1) is 28.6 Å². The number of piperidine rings is 1. The second-order valence-electron chi connectivity index (χ2n) is 8.76. The smallest absolute Gasteiger partial charge is 0.160 e. The number of hydrogen-bond acceptors (Lipinski definition) is 4. The van der Waals surface area contributed by atoms with Gasteiger partial charge in [-0.15, -0.1) is 0 Å². The summed E-state index contributed by atoms with van der Waals surface area (Å²) in [4.78, 5) is 6.92. The van der Waals surface area contributed by atoms with E-state index < -0.39 is 0 Å². The van der Waals surface area contributed by atoms with Crippen LogP contribution in [-0.2, 0) is 19.5 Å². The Morgan fingerprint density at radius 2 is 2.03 bits per heavy atom. The molecular weight excluding hydrogens is 413 g/mol. The van der Waals surface area contributed by atoms with Gasteiger partial charge in [-0.05, 0) is 75.9 Å². The highest BCUT2D eigenvalue weighted by Gasteiger charge is 2.29. The van der Waals surface area contributed by atoms with Crippen molar-refractivity contribution in [3.63, 3.8) is 0 Å². The molecule has 0 aliphatic carbocycles. The molecule has 2 aliphatic heterocycles. The van der Waals surface area contributed by atoms with Gasteiger partial charge in [0, 0.05) is 23.4 Å². The van der Waals surface area contributed by atoms with E-state index in [-0.39, 0.29) is 5.82 Å². The Bertz CT molecular complexity index is 1180. The maximum absolute atomic E-state index is 14.1. The van der Waals surface area contributed by atoms with Gasteiger partial charge < -0.3 is 10.2 Å². The molecule has 1 saturated heterocycles. The summed E-state index contributed by atoms with van der Waals surface area (Å²) < 4.78 is 16.0. The van der Waals surface area contributed by atoms with Crippen LogP contribution in [0.4, 0.5) is 4.39 Å². The number of halogens is 2. The molecule has 0 atom stereocenters. The predicted molar refractivity (Wildman–Crippen MR) is 121 cm³/mol. The van der Waals surface area contributed by atoms with Crippen LogP contribution < -0.4 is 5.32 Å². The van der Waals surface area contributed by atoms with E-state index in [9.17, 15) is 4.39 Å². The lowest BCUT2D eigenvalue weighted by Crippen LogP contribution is -2.29. The first-order chi connectivity index (χ1) is 14.9. The fourth-order valence-electron chi connectivity index (χ4n) is 4.88. The Morgan fingerprint density at radius 3 is 2.81 bits per heavy atom. The molecule has 0 unspecified atom stereocenters. The van der Waals surface area contributed by atoms with Crippen molar-refractivity contribution >= 4 is 22.9 Å². The number of aromatic nitrogens is 3. The highest BCUT2D eigenvalue weighted by atomic mass is 35.5. The van der Waals surface area contributed by atoms with E-state index in [1.165, 1.54) is 6.07 Å². The molecule has 5 rings (SSSR count). The minimum absolute atomic E-state index is 0.185. The molecule has 5 nitrogen and oxygen atoms in total. The lowest BCUT2D eigenvalue weighted by molar-refractivity contribution is 0.371. The van der Waals surface area contributed by atoms with Crippen LogP contribution >= 0.6 is 11.6 Å². The summed E-state index contributed by atoms with van der Waals surface area (Å²) in [6.45, 7) is 11.7. The Kier molecular flexibility index (Phi) is 5.22. The van der Waals surface area contributed by atoms with E-state index in [1.54, 1.807) is 6.07 Å². The van der Waals surface area contributed by atoms with Gasteiger partial charge in [0.2, 0.25) is 0 Å². The molecule has 162 valence electrons. The molecule has 4 heterocycles. The van der Waals surface area contributed by atoms with Gasteiger partial charge in [-0.25, -0.2) is 13.9 Å². The molecule has 0 amide bonds. The number of nitrogens with zero attached hydrogens (tertiary/aromatic N) is 4. The van der Waals surface area contributed by atoms with Crippen molar-refractivity contribution in [2.24, 2.45) is 5.92 Å². The molecule has 3 aromatic rings. The van der Waals surface area contributed by atoms with Crippen LogP contribution in [0.3, 0.4) is 0 Å². The average Bonchev–Trinajstić information content (AvgIpc) is 3.32. The second kappa shape index (κ2) is 7.92. The first-order valence-corrected chi connectivity index (χ1v) is 11.3. The molecule has 0 radical (unpaired) electrons. The van der Waals surface area contributed by atoms with Crippen LogP contribution in [0.15, 0.2) is 24.8 Å². The van der Waals surface area contributed by atoms with Crippen LogP contribution in [0.25, 0.3) is 11.3 Å². The molecule has 1 N–H and O–H groups in total. The van der Waals surface area contributed by atoms with Crippen LogP contribution in [0, 0.1) is 25.6 Å². The van der Waals surface area contributed by atoms with E-state index in [4.69, 9.17) is 21.7 Å².